The summed E-state index contributed by atoms with van der Waals surface area (Å²) < 4.78 is 15.0. The van der Waals surface area contributed by atoms with Crippen LogP contribution in [-0.2, 0) is 30.4 Å². The van der Waals surface area contributed by atoms with Gasteiger partial charge >= 0.3 is 22.6 Å². The van der Waals surface area contributed by atoms with Crippen molar-refractivity contribution in [2.24, 2.45) is 0 Å². The monoisotopic (exact) mass is 542 g/mol. The van der Waals surface area contributed by atoms with Crippen LogP contribution in [0.5, 0.6) is 0 Å². The van der Waals surface area contributed by atoms with Crippen LogP contribution < -0.4 is 0 Å². The second kappa shape index (κ2) is 20.6. The molecule has 1 saturated carbocycles. The van der Waals surface area contributed by atoms with E-state index in [1.807, 2.05) is 130 Å². The number of carbonyl (C=O) groups is 1. The van der Waals surface area contributed by atoms with E-state index in [4.69, 9.17) is 9.30 Å². The Hall–Kier alpha value is -2.76. The van der Waals surface area contributed by atoms with Crippen molar-refractivity contribution in [1.29, 1.82) is 0 Å². The molecule has 0 amide bonds. The third-order valence-electron chi connectivity index (χ3n) is 4.48. The number of carbonyl (C=O) groups excluding carboxylic acids is 1. The standard InChI is InChI=1S/C24H19O.C5H5.2CO.Mo/c1-19(20-11-5-2-6-12-20)17-23(21-13-7-3-8-14-21)18-24(25)22-15-9-4-10-16-22;1-2-4-5-3-1;2*1-2;/h2-18H,1H2;1-5H;;;/b23-18+;;;;. The fourth-order valence-electron chi connectivity index (χ4n) is 2.91. The van der Waals surface area contributed by atoms with Crippen molar-refractivity contribution in [1.82, 2.24) is 0 Å². The van der Waals surface area contributed by atoms with Crippen molar-refractivity contribution < 1.29 is 35.2 Å². The number of allylic oxidation sites excluding steroid dienone is 2. The molecular weight excluding hydrogens is 516 g/mol. The molecule has 0 spiro atoms. The molecule has 0 aromatic heterocycles. The van der Waals surface area contributed by atoms with Gasteiger partial charge < -0.3 is 0 Å². The van der Waals surface area contributed by atoms with Crippen LogP contribution in [0.2, 0.25) is 0 Å². The predicted molar refractivity (Wildman–Crippen MR) is 133 cm³/mol. The van der Waals surface area contributed by atoms with Crippen molar-refractivity contribution in [3.05, 3.63) is 178 Å². The van der Waals surface area contributed by atoms with Crippen molar-refractivity contribution in [2.45, 2.75) is 0 Å². The average molecular weight is 540 g/mol. The van der Waals surface area contributed by atoms with Crippen molar-refractivity contribution in [3.63, 3.8) is 0 Å². The van der Waals surface area contributed by atoms with Gasteiger partial charge in [-0.1, -0.05) is 91.0 Å². The molecule has 35 heavy (non-hydrogen) atoms. The third kappa shape index (κ3) is 12.5. The minimum absolute atomic E-state index is 0. The maximum atomic E-state index is 12.6. The van der Waals surface area contributed by atoms with Crippen LogP contribution in [0.4, 0.5) is 0 Å². The number of hydrogen-bond acceptors (Lipinski definition) is 1. The zero-order chi connectivity index (χ0) is 25.0. The zero-order valence-electron chi connectivity index (χ0n) is 19.0. The molecule has 3 nitrogen and oxygen atoms in total. The molecule has 0 unspecified atom stereocenters. The van der Waals surface area contributed by atoms with E-state index < -0.39 is 0 Å². The van der Waals surface area contributed by atoms with E-state index in [2.05, 4.69) is 20.2 Å². The Morgan fingerprint density at radius 1 is 0.600 bits per heavy atom. The van der Waals surface area contributed by atoms with Crippen LogP contribution in [0.1, 0.15) is 21.5 Å². The molecule has 1 aliphatic rings. The maximum Gasteiger partial charge on any atom is 0.186 e. The fourth-order valence-corrected chi connectivity index (χ4v) is 2.91. The molecule has 0 heterocycles. The first-order chi connectivity index (χ1) is 16.7. The Balaban J connectivity index is 0.000000995. The molecule has 8 radical (unpaired) electrons. The summed E-state index contributed by atoms with van der Waals surface area (Å²) in [6.07, 6.45) is 13.6. The van der Waals surface area contributed by atoms with Gasteiger partial charge in [0.1, 0.15) is 0 Å². The molecule has 0 aliphatic heterocycles. The van der Waals surface area contributed by atoms with Crippen LogP contribution in [0.15, 0.2) is 97.1 Å². The fraction of sp³-hybridized carbons (Fsp3) is 0. The topological polar surface area (TPSA) is 56.9 Å². The minimum atomic E-state index is -0.0171. The van der Waals surface area contributed by atoms with Gasteiger partial charge in [-0.05, 0) is 61.8 Å². The van der Waals surface area contributed by atoms with Gasteiger partial charge in [0.15, 0.2) is 5.78 Å². The number of benzene rings is 3. The molecule has 4 rings (SSSR count). The van der Waals surface area contributed by atoms with Gasteiger partial charge in [0.2, 0.25) is 0 Å². The molecule has 3 aromatic rings. The van der Waals surface area contributed by atoms with Crippen LogP contribution in [-0.4, -0.2) is 5.78 Å². The van der Waals surface area contributed by atoms with E-state index in [1.165, 1.54) is 0 Å². The summed E-state index contributed by atoms with van der Waals surface area (Å²) in [5.41, 5.74) is 3.55. The molecule has 0 bridgehead atoms. The molecule has 1 aliphatic carbocycles. The summed E-state index contributed by atoms with van der Waals surface area (Å²) in [7, 11) is 0. The zero-order valence-corrected chi connectivity index (χ0v) is 21.0. The van der Waals surface area contributed by atoms with Crippen molar-refractivity contribution in [3.8, 4) is 0 Å². The summed E-state index contributed by atoms with van der Waals surface area (Å²) in [5.74, 6) is 0.855. The van der Waals surface area contributed by atoms with E-state index in [-0.39, 0.29) is 26.8 Å². The second-order valence-electron chi connectivity index (χ2n) is 6.69. The quantitative estimate of drug-likeness (QED) is 0.115. The Morgan fingerprint density at radius 2 is 0.943 bits per heavy atom. The number of hydrogen-bond donors (Lipinski definition) is 0. The van der Waals surface area contributed by atoms with Gasteiger partial charge in [-0.15, -0.1) is 0 Å². The van der Waals surface area contributed by atoms with Crippen LogP contribution in [0.3, 0.4) is 0 Å². The Bertz CT molecular complexity index is 992. The Labute approximate surface area is 224 Å². The molecule has 0 N–H and O–H groups in total. The van der Waals surface area contributed by atoms with E-state index in [0.29, 0.717) is 5.56 Å². The molecule has 4 heteroatoms. The molecule has 0 atom stereocenters. The van der Waals surface area contributed by atoms with E-state index in [9.17, 15) is 4.79 Å². The van der Waals surface area contributed by atoms with Gasteiger partial charge in [0.25, 0.3) is 0 Å². The van der Waals surface area contributed by atoms with Crippen LogP contribution >= 0.6 is 0 Å². The van der Waals surface area contributed by atoms with Gasteiger partial charge in [0, 0.05) is 39.0 Å². The first kappa shape index (κ1) is 32.2. The van der Waals surface area contributed by atoms with E-state index in [0.717, 1.165) is 22.6 Å². The SMILES string of the molecule is [C-]#[O+].[C-]#[O+].[CH2][C]([CH]/C(=C\C(=O)c1ccccc1)c1ccccc1)c1ccccc1.[CH]1[CH][CH][CH][CH]1.[Mo]. The summed E-state index contributed by atoms with van der Waals surface area (Å²) in [4.78, 5) is 12.6. The van der Waals surface area contributed by atoms with Crippen molar-refractivity contribution in [2.75, 3.05) is 0 Å². The van der Waals surface area contributed by atoms with Crippen LogP contribution in [0, 0.1) is 64.7 Å². The maximum absolute atomic E-state index is 12.6. The normalized spacial score (nSPS) is 11.8. The summed E-state index contributed by atoms with van der Waals surface area (Å²) in [6.45, 7) is 13.2. The minimum Gasteiger partial charge on any atom is -0.289 e. The molecular formula is C31H24MoO3. The van der Waals surface area contributed by atoms with Gasteiger partial charge in [-0.2, -0.15) is 0 Å². The summed E-state index contributed by atoms with van der Waals surface area (Å²) in [5, 5.41) is 0. The van der Waals surface area contributed by atoms with Crippen LogP contribution in [0.25, 0.3) is 5.57 Å². The Morgan fingerprint density at radius 3 is 1.34 bits per heavy atom. The number of ketones is 1. The van der Waals surface area contributed by atoms with Gasteiger partial charge in [-0.3, -0.25) is 4.79 Å². The largest absolute Gasteiger partial charge is 0.289 e. The van der Waals surface area contributed by atoms with Gasteiger partial charge in [0.05, 0.1) is 0 Å². The first-order valence-corrected chi connectivity index (χ1v) is 10.3. The summed E-state index contributed by atoms with van der Waals surface area (Å²) >= 11 is 0. The Kier molecular flexibility index (Phi) is 19.0. The van der Waals surface area contributed by atoms with E-state index >= 15 is 0 Å². The van der Waals surface area contributed by atoms with E-state index in [1.54, 1.807) is 6.08 Å². The third-order valence-corrected chi connectivity index (χ3v) is 4.48. The second-order valence-corrected chi connectivity index (χ2v) is 6.69. The predicted octanol–water partition coefficient (Wildman–Crippen LogP) is 6.56. The molecule has 0 saturated heterocycles. The smallest absolute Gasteiger partial charge is 0.186 e. The molecule has 172 valence electrons. The summed E-state index contributed by atoms with van der Waals surface area (Å²) in [6, 6.07) is 29.2. The average Bonchev–Trinajstić information content (AvgIpc) is 3.53. The van der Waals surface area contributed by atoms with Crippen molar-refractivity contribution >= 4 is 11.4 Å². The van der Waals surface area contributed by atoms with Gasteiger partial charge in [-0.25, -0.2) is 0 Å². The first-order valence-electron chi connectivity index (χ1n) is 10.3. The molecule has 3 aromatic carbocycles. The number of rotatable bonds is 6. The molecule has 1 fully saturated rings.